The number of benzene rings is 4. The van der Waals surface area contributed by atoms with Gasteiger partial charge in [-0.3, -0.25) is 10.2 Å². The molecule has 9 nitrogen and oxygen atoms in total. The Morgan fingerprint density at radius 1 is 0.897 bits per heavy atom. The first kappa shape index (κ1) is 26.7. The second-order valence-corrected chi connectivity index (χ2v) is 8.55. The van der Waals surface area contributed by atoms with Gasteiger partial charge < -0.3 is 30.9 Å². The van der Waals surface area contributed by atoms with Gasteiger partial charge in [-0.15, -0.1) is 0 Å². The van der Waals surface area contributed by atoms with Gasteiger partial charge in [0.15, 0.2) is 11.5 Å². The van der Waals surface area contributed by atoms with E-state index in [-0.39, 0.29) is 23.7 Å². The fraction of sp³-hybridized carbons (Fsp3) is 0.100. The van der Waals surface area contributed by atoms with Gasteiger partial charge in [-0.1, -0.05) is 54.6 Å². The van der Waals surface area contributed by atoms with Crippen LogP contribution >= 0.6 is 0 Å². The number of hydrogen-bond acceptors (Lipinski definition) is 6. The van der Waals surface area contributed by atoms with E-state index in [1.165, 1.54) is 13.2 Å². The summed E-state index contributed by atoms with van der Waals surface area (Å²) in [6.45, 7) is 0.266. The smallest absolute Gasteiger partial charge is 0.339 e. The molecule has 198 valence electrons. The van der Waals surface area contributed by atoms with Crippen LogP contribution in [0, 0.1) is 5.41 Å². The second-order valence-electron chi connectivity index (χ2n) is 8.55. The van der Waals surface area contributed by atoms with E-state index in [1.807, 2.05) is 30.3 Å². The number of carbonyl (C=O) groups is 2. The summed E-state index contributed by atoms with van der Waals surface area (Å²) >= 11 is 0. The summed E-state index contributed by atoms with van der Waals surface area (Å²) in [5.74, 6) is -0.994. The standard InChI is InChI=1S/C30H28N4O5/c1-38-24-12-5-6-13-25(24)39-27-22(10-7-11-23(27)30(36)37)26(29(35)33-18-19-8-3-2-4-9-19)34-21-16-14-20(15-17-21)28(31)32/h2-17,26,34H,18H2,1H3,(H3,31,32)(H,33,35)(H,36,37). The SMILES string of the molecule is COc1ccccc1Oc1c(C(=O)O)cccc1C(Nc1ccc(C(=N)N)cc1)C(=O)NCc1ccccc1. The number of aromatic carboxylic acids is 1. The topological polar surface area (TPSA) is 147 Å². The molecule has 6 N–H and O–H groups in total. The molecule has 9 heteroatoms. The zero-order valence-electron chi connectivity index (χ0n) is 21.2. The number of carboxylic acids is 1. The first-order valence-electron chi connectivity index (χ1n) is 12.1. The molecule has 1 unspecified atom stereocenters. The van der Waals surface area contributed by atoms with Crippen molar-refractivity contribution in [1.29, 1.82) is 5.41 Å². The molecule has 39 heavy (non-hydrogen) atoms. The molecule has 4 aromatic carbocycles. The van der Waals surface area contributed by atoms with Crippen molar-refractivity contribution in [2.45, 2.75) is 12.6 Å². The first-order chi connectivity index (χ1) is 18.9. The van der Waals surface area contributed by atoms with Crippen LogP contribution in [0.3, 0.4) is 0 Å². The van der Waals surface area contributed by atoms with Crippen molar-refractivity contribution in [2.75, 3.05) is 12.4 Å². The van der Waals surface area contributed by atoms with Gasteiger partial charge >= 0.3 is 5.97 Å². The van der Waals surface area contributed by atoms with Gasteiger partial charge in [-0.05, 0) is 48.0 Å². The number of rotatable bonds is 11. The summed E-state index contributed by atoms with van der Waals surface area (Å²) in [5.41, 5.74) is 7.76. The van der Waals surface area contributed by atoms with Crippen LogP contribution in [0.5, 0.6) is 17.2 Å². The van der Waals surface area contributed by atoms with Crippen LogP contribution in [0.2, 0.25) is 0 Å². The van der Waals surface area contributed by atoms with E-state index >= 15 is 0 Å². The lowest BCUT2D eigenvalue weighted by atomic mass is 10.00. The molecule has 4 rings (SSSR count). The molecule has 0 fully saturated rings. The largest absolute Gasteiger partial charge is 0.493 e. The minimum Gasteiger partial charge on any atom is -0.493 e. The van der Waals surface area contributed by atoms with Gasteiger partial charge in [0.05, 0.1) is 7.11 Å². The van der Waals surface area contributed by atoms with Crippen molar-refractivity contribution in [3.05, 3.63) is 119 Å². The Morgan fingerprint density at radius 3 is 2.21 bits per heavy atom. The van der Waals surface area contributed by atoms with Gasteiger partial charge in [-0.25, -0.2) is 4.79 Å². The van der Waals surface area contributed by atoms with Gasteiger partial charge in [0.2, 0.25) is 5.91 Å². The number of nitrogens with two attached hydrogens (primary N) is 1. The van der Waals surface area contributed by atoms with Crippen LogP contribution < -0.4 is 25.8 Å². The molecule has 0 aliphatic heterocycles. The number of anilines is 1. The van der Waals surface area contributed by atoms with Gasteiger partial charge in [0.25, 0.3) is 0 Å². The average Bonchev–Trinajstić information content (AvgIpc) is 2.96. The number of amidine groups is 1. The predicted molar refractivity (Wildman–Crippen MR) is 149 cm³/mol. The maximum atomic E-state index is 13.7. The van der Waals surface area contributed by atoms with Crippen LogP contribution in [0.25, 0.3) is 0 Å². The Kier molecular flexibility index (Phi) is 8.43. The molecule has 1 amide bonds. The number of nitrogen functional groups attached to an aromatic ring is 1. The molecule has 0 saturated heterocycles. The molecular formula is C30H28N4O5. The Hall–Kier alpha value is -5.31. The highest BCUT2D eigenvalue weighted by molar-refractivity contribution is 5.96. The third-order valence-electron chi connectivity index (χ3n) is 5.95. The maximum Gasteiger partial charge on any atom is 0.339 e. The third kappa shape index (κ3) is 6.53. The Morgan fingerprint density at radius 2 is 1.56 bits per heavy atom. The van der Waals surface area contributed by atoms with Gasteiger partial charge in [0, 0.05) is 23.4 Å². The van der Waals surface area contributed by atoms with E-state index in [1.54, 1.807) is 60.7 Å². The Labute approximate surface area is 225 Å². The Balaban J connectivity index is 1.77. The van der Waals surface area contributed by atoms with E-state index in [0.29, 0.717) is 28.3 Å². The monoisotopic (exact) mass is 524 g/mol. The van der Waals surface area contributed by atoms with E-state index < -0.39 is 17.9 Å². The number of methoxy groups -OCH3 is 1. The number of nitrogens with one attached hydrogen (secondary N) is 3. The first-order valence-corrected chi connectivity index (χ1v) is 12.1. The summed E-state index contributed by atoms with van der Waals surface area (Å²) in [4.78, 5) is 25.9. The lowest BCUT2D eigenvalue weighted by Gasteiger charge is -2.24. The van der Waals surface area contributed by atoms with Crippen LogP contribution in [0.15, 0.2) is 97.1 Å². The number of hydrogen-bond donors (Lipinski definition) is 5. The highest BCUT2D eigenvalue weighted by Gasteiger charge is 2.28. The van der Waals surface area contributed by atoms with Crippen LogP contribution in [0.4, 0.5) is 5.69 Å². The minimum atomic E-state index is -1.21. The summed E-state index contributed by atoms with van der Waals surface area (Å²) in [6, 6.07) is 26.5. The molecule has 1 atom stereocenters. The number of ether oxygens (including phenoxy) is 2. The lowest BCUT2D eigenvalue weighted by Crippen LogP contribution is -2.33. The van der Waals surface area contributed by atoms with Crippen molar-refractivity contribution >= 4 is 23.4 Å². The van der Waals surface area contributed by atoms with E-state index in [9.17, 15) is 14.7 Å². The molecule has 0 spiro atoms. The normalized spacial score (nSPS) is 11.2. The summed E-state index contributed by atoms with van der Waals surface area (Å²) in [6.07, 6.45) is 0. The van der Waals surface area contributed by atoms with Gasteiger partial charge in [-0.2, -0.15) is 0 Å². The van der Waals surface area contributed by atoms with Crippen molar-refractivity contribution in [1.82, 2.24) is 5.32 Å². The summed E-state index contributed by atoms with van der Waals surface area (Å²) in [5, 5.41) is 23.7. The van der Waals surface area contributed by atoms with E-state index in [4.69, 9.17) is 20.6 Å². The molecule has 0 heterocycles. The highest BCUT2D eigenvalue weighted by Crippen LogP contribution is 2.38. The highest BCUT2D eigenvalue weighted by atomic mass is 16.5. The third-order valence-corrected chi connectivity index (χ3v) is 5.95. The zero-order chi connectivity index (χ0) is 27.8. The predicted octanol–water partition coefficient (Wildman–Crippen LogP) is 4.94. The second kappa shape index (κ2) is 12.3. The van der Waals surface area contributed by atoms with E-state index in [0.717, 1.165) is 5.56 Å². The molecule has 0 radical (unpaired) electrons. The number of carboxylic acid groups (broad SMARTS) is 1. The minimum absolute atomic E-state index is 0.00205. The molecular weight excluding hydrogens is 496 g/mol. The van der Waals surface area contributed by atoms with Crippen LogP contribution in [0.1, 0.15) is 33.1 Å². The number of carbonyl (C=O) groups excluding carboxylic acids is 1. The van der Waals surface area contributed by atoms with E-state index in [2.05, 4.69) is 10.6 Å². The fourth-order valence-electron chi connectivity index (χ4n) is 3.96. The summed E-state index contributed by atoms with van der Waals surface area (Å²) < 4.78 is 11.5. The lowest BCUT2D eigenvalue weighted by molar-refractivity contribution is -0.122. The van der Waals surface area contributed by atoms with Crippen molar-refractivity contribution in [3.8, 4) is 17.2 Å². The Bertz CT molecular complexity index is 1470. The molecule has 0 aliphatic rings. The molecule has 0 saturated carbocycles. The summed E-state index contributed by atoms with van der Waals surface area (Å²) in [7, 11) is 1.48. The fourth-order valence-corrected chi connectivity index (χ4v) is 3.96. The quantitative estimate of drug-likeness (QED) is 0.138. The average molecular weight is 525 g/mol. The van der Waals surface area contributed by atoms with Crippen molar-refractivity contribution < 1.29 is 24.2 Å². The van der Waals surface area contributed by atoms with Crippen molar-refractivity contribution in [2.24, 2.45) is 5.73 Å². The maximum absolute atomic E-state index is 13.7. The number of para-hydroxylation sites is 3. The molecule has 0 aliphatic carbocycles. The van der Waals surface area contributed by atoms with Crippen molar-refractivity contribution in [3.63, 3.8) is 0 Å². The molecule has 0 bridgehead atoms. The van der Waals surface area contributed by atoms with Crippen LogP contribution in [-0.2, 0) is 11.3 Å². The zero-order valence-corrected chi connectivity index (χ0v) is 21.2. The van der Waals surface area contributed by atoms with Gasteiger partial charge in [0.1, 0.15) is 23.2 Å². The molecule has 0 aromatic heterocycles. The molecule has 4 aromatic rings. The van der Waals surface area contributed by atoms with Crippen LogP contribution in [-0.4, -0.2) is 29.9 Å². The number of amides is 1.